The molecule has 1 heterocycles. The lowest BCUT2D eigenvalue weighted by Gasteiger charge is -2.02. The molecule has 0 N–H and O–H groups in total. The van der Waals surface area contributed by atoms with E-state index in [1.807, 2.05) is 35.7 Å². The lowest BCUT2D eigenvalue weighted by Crippen LogP contribution is -2.03. The van der Waals surface area contributed by atoms with Crippen LogP contribution in [0, 0.1) is 0 Å². The normalized spacial score (nSPS) is 9.87. The summed E-state index contributed by atoms with van der Waals surface area (Å²) in [5.41, 5.74) is 1.62. The Hall–Kier alpha value is -1.61. The molecule has 0 amide bonds. The van der Waals surface area contributed by atoms with E-state index >= 15 is 0 Å². The standard InChI is InChI=1S/C12H10O2S/c13-12(11-6-7-15-9-11)14-8-10-4-2-1-3-5-10/h1-7,9H,8H2. The van der Waals surface area contributed by atoms with Crippen molar-refractivity contribution in [3.05, 3.63) is 58.3 Å². The van der Waals surface area contributed by atoms with Gasteiger partial charge in [0.1, 0.15) is 6.61 Å². The van der Waals surface area contributed by atoms with Crippen molar-refractivity contribution in [2.75, 3.05) is 0 Å². The highest BCUT2D eigenvalue weighted by Gasteiger charge is 2.06. The van der Waals surface area contributed by atoms with Gasteiger partial charge in [0.25, 0.3) is 0 Å². The third-order valence-corrected chi connectivity index (χ3v) is 2.65. The van der Waals surface area contributed by atoms with Crippen LogP contribution in [0.1, 0.15) is 15.9 Å². The molecule has 0 aliphatic heterocycles. The number of thiophene rings is 1. The minimum Gasteiger partial charge on any atom is -0.457 e. The van der Waals surface area contributed by atoms with Crippen LogP contribution in [-0.4, -0.2) is 5.97 Å². The summed E-state index contributed by atoms with van der Waals surface area (Å²) in [7, 11) is 0. The summed E-state index contributed by atoms with van der Waals surface area (Å²) >= 11 is 1.49. The molecular weight excluding hydrogens is 208 g/mol. The van der Waals surface area contributed by atoms with Gasteiger partial charge in [-0.3, -0.25) is 0 Å². The Kier molecular flexibility index (Phi) is 3.15. The molecule has 15 heavy (non-hydrogen) atoms. The molecule has 76 valence electrons. The van der Waals surface area contributed by atoms with Crippen molar-refractivity contribution in [2.24, 2.45) is 0 Å². The zero-order valence-electron chi connectivity index (χ0n) is 8.05. The first-order valence-corrected chi connectivity index (χ1v) is 5.54. The number of hydrogen-bond donors (Lipinski definition) is 0. The first kappa shape index (κ1) is 9.93. The highest BCUT2D eigenvalue weighted by atomic mass is 32.1. The molecule has 0 atom stereocenters. The van der Waals surface area contributed by atoms with Gasteiger partial charge in [0, 0.05) is 5.38 Å². The molecular formula is C12H10O2S. The number of carbonyl (C=O) groups excluding carboxylic acids is 1. The van der Waals surface area contributed by atoms with Gasteiger partial charge in [0.2, 0.25) is 0 Å². The summed E-state index contributed by atoms with van der Waals surface area (Å²) in [4.78, 5) is 11.5. The molecule has 0 bridgehead atoms. The minimum atomic E-state index is -0.264. The molecule has 0 aliphatic rings. The van der Waals surface area contributed by atoms with Crippen LogP contribution in [0.3, 0.4) is 0 Å². The van der Waals surface area contributed by atoms with Crippen LogP contribution in [0.2, 0.25) is 0 Å². The van der Waals surface area contributed by atoms with Gasteiger partial charge in [-0.1, -0.05) is 30.3 Å². The first-order chi connectivity index (χ1) is 7.36. The summed E-state index contributed by atoms with van der Waals surface area (Å²) in [5.74, 6) is -0.264. The third kappa shape index (κ3) is 2.67. The van der Waals surface area contributed by atoms with Crippen molar-refractivity contribution in [1.29, 1.82) is 0 Å². The maximum Gasteiger partial charge on any atom is 0.339 e. The summed E-state index contributed by atoms with van der Waals surface area (Å²) in [6.07, 6.45) is 0. The predicted molar refractivity (Wildman–Crippen MR) is 59.9 cm³/mol. The van der Waals surface area contributed by atoms with Crippen LogP contribution in [-0.2, 0) is 11.3 Å². The number of hydrogen-bond acceptors (Lipinski definition) is 3. The fraction of sp³-hybridized carbons (Fsp3) is 0.0833. The van der Waals surface area contributed by atoms with E-state index in [0.717, 1.165) is 5.56 Å². The number of benzene rings is 1. The average molecular weight is 218 g/mol. The van der Waals surface area contributed by atoms with Gasteiger partial charge in [0.05, 0.1) is 5.56 Å². The highest BCUT2D eigenvalue weighted by molar-refractivity contribution is 7.08. The summed E-state index contributed by atoms with van der Waals surface area (Å²) in [6.45, 7) is 0.329. The number of ether oxygens (including phenoxy) is 1. The third-order valence-electron chi connectivity index (χ3n) is 1.97. The Morgan fingerprint density at radius 3 is 2.67 bits per heavy atom. The fourth-order valence-corrected chi connectivity index (χ4v) is 1.81. The molecule has 1 aromatic carbocycles. The van der Waals surface area contributed by atoms with Crippen molar-refractivity contribution in [2.45, 2.75) is 6.61 Å². The van der Waals surface area contributed by atoms with E-state index in [-0.39, 0.29) is 5.97 Å². The van der Waals surface area contributed by atoms with Gasteiger partial charge in [-0.25, -0.2) is 4.79 Å². The lowest BCUT2D eigenvalue weighted by molar-refractivity contribution is 0.0473. The molecule has 0 saturated heterocycles. The van der Waals surface area contributed by atoms with Crippen LogP contribution in [0.5, 0.6) is 0 Å². The minimum absolute atomic E-state index is 0.264. The largest absolute Gasteiger partial charge is 0.457 e. The van der Waals surface area contributed by atoms with E-state index in [4.69, 9.17) is 4.74 Å². The molecule has 2 rings (SSSR count). The zero-order valence-corrected chi connectivity index (χ0v) is 8.87. The van der Waals surface area contributed by atoms with Crippen molar-refractivity contribution in [3.8, 4) is 0 Å². The molecule has 2 nitrogen and oxygen atoms in total. The second kappa shape index (κ2) is 4.75. The second-order valence-corrected chi connectivity index (χ2v) is 3.85. The molecule has 2 aromatic rings. The first-order valence-electron chi connectivity index (χ1n) is 4.59. The highest BCUT2D eigenvalue weighted by Crippen LogP contribution is 2.09. The van der Waals surface area contributed by atoms with Crippen LogP contribution in [0.25, 0.3) is 0 Å². The van der Waals surface area contributed by atoms with Gasteiger partial charge in [-0.05, 0) is 17.0 Å². The fourth-order valence-electron chi connectivity index (χ4n) is 1.19. The molecule has 0 fully saturated rings. The van der Waals surface area contributed by atoms with E-state index in [2.05, 4.69) is 0 Å². The zero-order chi connectivity index (χ0) is 10.5. The van der Waals surface area contributed by atoms with E-state index < -0.39 is 0 Å². The number of rotatable bonds is 3. The smallest absolute Gasteiger partial charge is 0.339 e. The monoisotopic (exact) mass is 218 g/mol. The molecule has 1 aromatic heterocycles. The second-order valence-electron chi connectivity index (χ2n) is 3.07. The molecule has 0 spiro atoms. The van der Waals surface area contributed by atoms with Gasteiger partial charge in [-0.2, -0.15) is 11.3 Å². The quantitative estimate of drug-likeness (QED) is 0.740. The topological polar surface area (TPSA) is 26.3 Å². The van der Waals surface area contributed by atoms with Crippen molar-refractivity contribution >= 4 is 17.3 Å². The molecule has 0 unspecified atom stereocenters. The van der Waals surface area contributed by atoms with Gasteiger partial charge >= 0.3 is 5.97 Å². The van der Waals surface area contributed by atoms with Crippen LogP contribution >= 0.6 is 11.3 Å². The van der Waals surface area contributed by atoms with E-state index in [1.165, 1.54) is 11.3 Å². The maximum atomic E-state index is 11.5. The average Bonchev–Trinajstić information content (AvgIpc) is 2.81. The summed E-state index contributed by atoms with van der Waals surface area (Å²) in [5, 5.41) is 3.65. The van der Waals surface area contributed by atoms with E-state index in [0.29, 0.717) is 12.2 Å². The van der Waals surface area contributed by atoms with Gasteiger partial charge in [0.15, 0.2) is 0 Å². The van der Waals surface area contributed by atoms with E-state index in [1.54, 1.807) is 11.4 Å². The van der Waals surface area contributed by atoms with Crippen LogP contribution < -0.4 is 0 Å². The predicted octanol–water partition coefficient (Wildman–Crippen LogP) is 3.11. The molecule has 0 aliphatic carbocycles. The molecule has 0 radical (unpaired) electrons. The Bertz CT molecular complexity index is 420. The summed E-state index contributed by atoms with van der Waals surface area (Å²) < 4.78 is 5.14. The van der Waals surface area contributed by atoms with Gasteiger partial charge < -0.3 is 4.74 Å². The van der Waals surface area contributed by atoms with Crippen molar-refractivity contribution < 1.29 is 9.53 Å². The molecule has 3 heteroatoms. The Morgan fingerprint density at radius 2 is 2.00 bits per heavy atom. The van der Waals surface area contributed by atoms with E-state index in [9.17, 15) is 4.79 Å². The van der Waals surface area contributed by atoms with Gasteiger partial charge in [-0.15, -0.1) is 0 Å². The Labute approximate surface area is 92.1 Å². The van der Waals surface area contributed by atoms with Crippen molar-refractivity contribution in [3.63, 3.8) is 0 Å². The maximum absolute atomic E-state index is 11.5. The van der Waals surface area contributed by atoms with Crippen LogP contribution in [0.4, 0.5) is 0 Å². The Balaban J connectivity index is 1.92. The summed E-state index contributed by atoms with van der Waals surface area (Å²) in [6, 6.07) is 11.4. The van der Waals surface area contributed by atoms with Crippen molar-refractivity contribution in [1.82, 2.24) is 0 Å². The number of carbonyl (C=O) groups is 1. The lowest BCUT2D eigenvalue weighted by atomic mass is 10.2. The number of esters is 1. The van der Waals surface area contributed by atoms with Crippen LogP contribution in [0.15, 0.2) is 47.2 Å². The SMILES string of the molecule is O=C(OCc1ccccc1)c1ccsc1. The molecule has 0 saturated carbocycles. The Morgan fingerprint density at radius 1 is 1.20 bits per heavy atom.